The lowest BCUT2D eigenvalue weighted by molar-refractivity contribution is 0.0139. The topological polar surface area (TPSA) is 146 Å². The van der Waals surface area contributed by atoms with E-state index < -0.39 is 11.8 Å². The van der Waals surface area contributed by atoms with E-state index in [1.54, 1.807) is 20.8 Å². The molecule has 0 amide bonds. The fourth-order valence-corrected chi connectivity index (χ4v) is 4.82. The van der Waals surface area contributed by atoms with Gasteiger partial charge in [-0.25, -0.2) is 14.6 Å². The van der Waals surface area contributed by atoms with Crippen LogP contribution in [-0.4, -0.2) is 67.7 Å². The summed E-state index contributed by atoms with van der Waals surface area (Å²) in [7, 11) is 1.49. The number of anilines is 1. The molecule has 11 heteroatoms. The van der Waals surface area contributed by atoms with E-state index in [4.69, 9.17) is 22.1 Å². The van der Waals surface area contributed by atoms with Crippen LogP contribution < -0.4 is 10.5 Å². The summed E-state index contributed by atoms with van der Waals surface area (Å²) >= 11 is 6.53. The molecule has 1 aliphatic rings. The predicted molar refractivity (Wildman–Crippen MR) is 123 cm³/mol. The Labute approximate surface area is 196 Å². The molecule has 1 unspecified atom stereocenters. The number of aliphatic hydroxyl groups excluding tert-OH is 1. The number of nitrogens with two attached hydrogens (primary N) is 1. The van der Waals surface area contributed by atoms with Gasteiger partial charge in [0.05, 0.1) is 34.9 Å². The molecule has 0 radical (unpaired) electrons. The summed E-state index contributed by atoms with van der Waals surface area (Å²) in [5, 5.41) is 36.5. The SMILES string of the molecule is COc1c(C(C)(O)n2nc(C)c3c(N)ncnc32)cc(Cl)c(C#N)c1C1CN(C[C@@H](C)O)C1. The number of aryl methyl sites for hydroxylation is 1. The second-order valence-corrected chi connectivity index (χ2v) is 8.99. The number of nitriles is 1. The van der Waals surface area contributed by atoms with Crippen LogP contribution in [0.1, 0.15) is 42.1 Å². The van der Waals surface area contributed by atoms with Crippen LogP contribution in [0.3, 0.4) is 0 Å². The van der Waals surface area contributed by atoms with Crippen molar-refractivity contribution in [1.82, 2.24) is 24.6 Å². The van der Waals surface area contributed by atoms with Crippen LogP contribution in [0.4, 0.5) is 5.82 Å². The summed E-state index contributed by atoms with van der Waals surface area (Å²) < 4.78 is 7.12. The van der Waals surface area contributed by atoms with E-state index in [1.165, 1.54) is 24.2 Å². The maximum absolute atomic E-state index is 11.8. The number of hydrogen-bond donors (Lipinski definition) is 3. The highest BCUT2D eigenvalue weighted by Crippen LogP contribution is 2.45. The van der Waals surface area contributed by atoms with E-state index in [9.17, 15) is 15.5 Å². The Balaban J connectivity index is 1.88. The molecule has 0 saturated carbocycles. The number of nitrogen functional groups attached to an aromatic ring is 1. The molecule has 0 aliphatic carbocycles. The monoisotopic (exact) mass is 471 g/mol. The normalized spacial score (nSPS) is 17.4. The summed E-state index contributed by atoms with van der Waals surface area (Å²) in [6.45, 7) is 6.84. The van der Waals surface area contributed by atoms with Crippen LogP contribution in [-0.2, 0) is 5.72 Å². The van der Waals surface area contributed by atoms with Gasteiger partial charge in [-0.3, -0.25) is 4.90 Å². The number of rotatable bonds is 6. The molecule has 1 fully saturated rings. The van der Waals surface area contributed by atoms with E-state index in [0.29, 0.717) is 58.8 Å². The number of likely N-dealkylation sites (tertiary alicyclic amines) is 1. The quantitative estimate of drug-likeness (QED) is 0.489. The molecule has 10 nitrogen and oxygen atoms in total. The second kappa shape index (κ2) is 8.43. The van der Waals surface area contributed by atoms with Gasteiger partial charge in [-0.1, -0.05) is 11.6 Å². The molecule has 3 heterocycles. The minimum absolute atomic E-state index is 0.0457. The highest BCUT2D eigenvalue weighted by molar-refractivity contribution is 6.32. The van der Waals surface area contributed by atoms with Gasteiger partial charge in [0.15, 0.2) is 11.4 Å². The van der Waals surface area contributed by atoms with E-state index in [2.05, 4.69) is 26.0 Å². The van der Waals surface area contributed by atoms with Crippen molar-refractivity contribution >= 4 is 28.5 Å². The Hall–Kier alpha value is -2.97. The molecule has 174 valence electrons. The number of fused-ring (bicyclic) bond motifs is 1. The molecule has 1 aromatic carbocycles. The standard InChI is InChI=1S/C22H26ClN7O3/c1-11(31)7-29-8-13(9-29)18-14(6-24)16(23)5-15(19(18)33-4)22(3,32)30-21-17(12(2)28-30)20(25)26-10-27-21/h5,10-11,13,31-32H,7-9H2,1-4H3,(H2,25,26,27)/t11-,22?/m1/s1. The molecule has 4 N–H and O–H groups in total. The Bertz CT molecular complexity index is 1260. The van der Waals surface area contributed by atoms with Crippen molar-refractivity contribution < 1.29 is 14.9 Å². The summed E-state index contributed by atoms with van der Waals surface area (Å²) in [6, 6.07) is 3.71. The first-order chi connectivity index (χ1) is 15.6. The Morgan fingerprint density at radius 3 is 2.73 bits per heavy atom. The maximum atomic E-state index is 11.8. The van der Waals surface area contributed by atoms with Crippen LogP contribution >= 0.6 is 11.6 Å². The molecule has 0 spiro atoms. The summed E-state index contributed by atoms with van der Waals surface area (Å²) in [4.78, 5) is 10.4. The molecule has 4 rings (SSSR count). The summed E-state index contributed by atoms with van der Waals surface area (Å²) in [5.74, 6) is 0.583. The molecule has 2 aromatic heterocycles. The van der Waals surface area contributed by atoms with Crippen molar-refractivity contribution in [3.8, 4) is 11.8 Å². The third-order valence-electron chi connectivity index (χ3n) is 6.06. The van der Waals surface area contributed by atoms with Gasteiger partial charge in [0.2, 0.25) is 0 Å². The van der Waals surface area contributed by atoms with E-state index in [0.717, 1.165) is 0 Å². The van der Waals surface area contributed by atoms with Gasteiger partial charge in [-0.2, -0.15) is 10.4 Å². The van der Waals surface area contributed by atoms with Gasteiger partial charge in [0.25, 0.3) is 0 Å². The highest BCUT2D eigenvalue weighted by Gasteiger charge is 2.40. The zero-order valence-electron chi connectivity index (χ0n) is 18.9. The first-order valence-corrected chi connectivity index (χ1v) is 10.9. The van der Waals surface area contributed by atoms with Gasteiger partial charge in [0.1, 0.15) is 24.0 Å². The van der Waals surface area contributed by atoms with Crippen molar-refractivity contribution in [2.75, 3.05) is 32.5 Å². The lowest BCUT2D eigenvalue weighted by atomic mass is 9.84. The Kier molecular flexibility index (Phi) is 5.92. The number of halogens is 1. The van der Waals surface area contributed by atoms with Gasteiger partial charge in [-0.05, 0) is 26.8 Å². The number of hydrogen-bond acceptors (Lipinski definition) is 9. The van der Waals surface area contributed by atoms with Gasteiger partial charge < -0.3 is 20.7 Å². The molecule has 1 aliphatic heterocycles. The van der Waals surface area contributed by atoms with E-state index in [-0.39, 0.29) is 16.8 Å². The lowest BCUT2D eigenvalue weighted by Gasteiger charge is -2.41. The molecule has 1 saturated heterocycles. The Morgan fingerprint density at radius 1 is 1.42 bits per heavy atom. The number of methoxy groups -OCH3 is 1. The Morgan fingerprint density at radius 2 is 2.12 bits per heavy atom. The second-order valence-electron chi connectivity index (χ2n) is 8.58. The molecular weight excluding hydrogens is 446 g/mol. The number of ether oxygens (including phenoxy) is 1. The number of aliphatic hydroxyl groups is 2. The minimum atomic E-state index is -1.73. The molecule has 2 atom stereocenters. The summed E-state index contributed by atoms with van der Waals surface area (Å²) in [5.41, 5.74) is 6.50. The fourth-order valence-electron chi connectivity index (χ4n) is 4.56. The molecule has 3 aromatic rings. The first-order valence-electron chi connectivity index (χ1n) is 10.5. The van der Waals surface area contributed by atoms with Crippen LogP contribution in [0.25, 0.3) is 11.0 Å². The number of benzene rings is 1. The minimum Gasteiger partial charge on any atom is -0.496 e. The number of nitrogens with zero attached hydrogens (tertiary/aromatic N) is 6. The van der Waals surface area contributed by atoms with Crippen molar-refractivity contribution in [1.29, 1.82) is 5.26 Å². The first kappa shape index (κ1) is 23.2. The van der Waals surface area contributed by atoms with Crippen molar-refractivity contribution in [3.63, 3.8) is 0 Å². The van der Waals surface area contributed by atoms with Crippen LogP contribution in [0.2, 0.25) is 5.02 Å². The lowest BCUT2D eigenvalue weighted by Crippen LogP contribution is -2.48. The smallest absolute Gasteiger partial charge is 0.187 e. The van der Waals surface area contributed by atoms with Crippen LogP contribution in [0.15, 0.2) is 12.4 Å². The third kappa shape index (κ3) is 3.77. The largest absolute Gasteiger partial charge is 0.496 e. The average molecular weight is 472 g/mol. The predicted octanol–water partition coefficient (Wildman–Crippen LogP) is 1.74. The van der Waals surface area contributed by atoms with Gasteiger partial charge >= 0.3 is 0 Å². The number of aromatic nitrogens is 4. The zero-order valence-corrected chi connectivity index (χ0v) is 19.6. The summed E-state index contributed by atoms with van der Waals surface area (Å²) in [6.07, 6.45) is 0.856. The molecule has 33 heavy (non-hydrogen) atoms. The average Bonchev–Trinajstić information content (AvgIpc) is 3.08. The number of β-amino-alcohol motifs (C(OH)–C–C–N with tert-alkyl or cyclic N) is 1. The molecular formula is C22H26ClN7O3. The van der Waals surface area contributed by atoms with Crippen LogP contribution in [0.5, 0.6) is 5.75 Å². The van der Waals surface area contributed by atoms with Gasteiger partial charge in [0, 0.05) is 36.7 Å². The van der Waals surface area contributed by atoms with E-state index >= 15 is 0 Å². The van der Waals surface area contributed by atoms with E-state index in [1.807, 2.05) is 0 Å². The molecule has 0 bridgehead atoms. The van der Waals surface area contributed by atoms with Gasteiger partial charge in [-0.15, -0.1) is 0 Å². The highest BCUT2D eigenvalue weighted by atomic mass is 35.5. The van der Waals surface area contributed by atoms with Crippen LogP contribution in [0, 0.1) is 18.3 Å². The maximum Gasteiger partial charge on any atom is 0.187 e. The fraction of sp³-hybridized carbons (Fsp3) is 0.455. The van der Waals surface area contributed by atoms with Crippen molar-refractivity contribution in [2.45, 2.75) is 38.5 Å². The van der Waals surface area contributed by atoms with Crippen molar-refractivity contribution in [2.24, 2.45) is 0 Å². The zero-order chi connectivity index (χ0) is 24.1. The van der Waals surface area contributed by atoms with Crippen molar-refractivity contribution in [3.05, 3.63) is 39.8 Å². The third-order valence-corrected chi connectivity index (χ3v) is 6.36.